The Kier molecular flexibility index (Phi) is 6.65. The number of amides is 1. The van der Waals surface area contributed by atoms with Crippen molar-refractivity contribution in [3.05, 3.63) is 34.0 Å². The van der Waals surface area contributed by atoms with E-state index in [1.54, 1.807) is 6.07 Å². The number of rotatable bonds is 5. The Morgan fingerprint density at radius 2 is 1.89 bits per heavy atom. The third-order valence-electron chi connectivity index (χ3n) is 4.39. The van der Waals surface area contributed by atoms with Gasteiger partial charge in [-0.25, -0.2) is 9.59 Å². The molecule has 1 amide bonds. The van der Waals surface area contributed by atoms with E-state index in [0.717, 1.165) is 22.2 Å². The van der Waals surface area contributed by atoms with E-state index in [1.807, 2.05) is 33.8 Å². The number of esters is 1. The summed E-state index contributed by atoms with van der Waals surface area (Å²) in [5.74, 6) is -0.421. The molecule has 0 saturated carbocycles. The number of hydrogen-bond acceptors (Lipinski definition) is 4. The average molecular weight is 409 g/mol. The van der Waals surface area contributed by atoms with Crippen LogP contribution in [0, 0.1) is 6.92 Å². The lowest BCUT2D eigenvalue weighted by molar-refractivity contribution is 0.0527. The first-order chi connectivity index (χ1) is 13.0. The zero-order valence-electron chi connectivity index (χ0n) is 17.6. The molecule has 1 heterocycles. The van der Waals surface area contributed by atoms with E-state index in [0.29, 0.717) is 23.6 Å². The van der Waals surface area contributed by atoms with Crippen molar-refractivity contribution in [3.63, 3.8) is 0 Å². The number of ether oxygens (including phenoxy) is 2. The van der Waals surface area contributed by atoms with Gasteiger partial charge in [-0.05, 0) is 59.2 Å². The molecule has 28 heavy (non-hydrogen) atoms. The molecule has 154 valence electrons. The van der Waals surface area contributed by atoms with Crippen LogP contribution in [0.1, 0.15) is 62.3 Å². The molecular weight excluding hydrogens is 380 g/mol. The molecular formula is C21H29ClN2O4. The zero-order chi connectivity index (χ0) is 21.2. The second-order valence-electron chi connectivity index (χ2n) is 8.05. The topological polar surface area (TPSA) is 69.6 Å². The normalized spacial score (nSPS) is 11.8. The van der Waals surface area contributed by atoms with Crippen LogP contribution in [0.2, 0.25) is 5.02 Å². The molecule has 0 bridgehead atoms. The molecule has 7 heteroatoms. The fraction of sp³-hybridized carbons (Fsp3) is 0.524. The molecule has 1 N–H and O–H groups in total. The molecule has 0 saturated heterocycles. The van der Waals surface area contributed by atoms with Gasteiger partial charge in [-0.15, -0.1) is 0 Å². The van der Waals surface area contributed by atoms with E-state index in [2.05, 4.69) is 23.7 Å². The number of carbonyl (C=O) groups is 2. The third kappa shape index (κ3) is 4.79. The first-order valence-electron chi connectivity index (χ1n) is 9.34. The monoisotopic (exact) mass is 408 g/mol. The summed E-state index contributed by atoms with van der Waals surface area (Å²) in [6.07, 6.45) is 0.145. The van der Waals surface area contributed by atoms with Crippen LogP contribution in [-0.2, 0) is 15.9 Å². The largest absolute Gasteiger partial charge is 0.465 e. The zero-order valence-corrected chi connectivity index (χ0v) is 18.4. The van der Waals surface area contributed by atoms with Crippen molar-refractivity contribution in [3.8, 4) is 0 Å². The third-order valence-corrected chi connectivity index (χ3v) is 4.61. The maximum atomic E-state index is 12.3. The van der Waals surface area contributed by atoms with Crippen LogP contribution in [0.5, 0.6) is 0 Å². The maximum Gasteiger partial charge on any atom is 0.407 e. The fourth-order valence-electron chi connectivity index (χ4n) is 3.41. The van der Waals surface area contributed by atoms with Gasteiger partial charge in [0, 0.05) is 35.1 Å². The lowest BCUT2D eigenvalue weighted by atomic mass is 10.0. The van der Waals surface area contributed by atoms with Gasteiger partial charge in [0.2, 0.25) is 0 Å². The number of benzene rings is 1. The Morgan fingerprint density at radius 3 is 2.43 bits per heavy atom. The van der Waals surface area contributed by atoms with Crippen LogP contribution < -0.4 is 5.32 Å². The number of nitrogens with one attached hydrogen (secondary N) is 1. The minimum absolute atomic E-state index is 0.150. The van der Waals surface area contributed by atoms with E-state index in [9.17, 15) is 9.59 Å². The number of halogens is 1. The van der Waals surface area contributed by atoms with Gasteiger partial charge in [0.05, 0.1) is 18.2 Å². The Balaban J connectivity index is 2.43. The molecule has 0 atom stereocenters. The second-order valence-corrected chi connectivity index (χ2v) is 8.49. The summed E-state index contributed by atoms with van der Waals surface area (Å²) in [6, 6.07) is 3.65. The van der Waals surface area contributed by atoms with E-state index in [1.165, 1.54) is 7.11 Å². The number of aryl methyl sites for hydroxylation is 1. The Bertz CT molecular complexity index is 894. The van der Waals surface area contributed by atoms with Crippen molar-refractivity contribution < 1.29 is 19.1 Å². The molecule has 0 spiro atoms. The first-order valence-corrected chi connectivity index (χ1v) is 9.72. The van der Waals surface area contributed by atoms with Gasteiger partial charge >= 0.3 is 12.1 Å². The van der Waals surface area contributed by atoms with Crippen LogP contribution in [-0.4, -0.2) is 35.9 Å². The predicted molar refractivity (Wildman–Crippen MR) is 111 cm³/mol. The van der Waals surface area contributed by atoms with Gasteiger partial charge in [-0.2, -0.15) is 0 Å². The molecule has 2 rings (SSSR count). The Morgan fingerprint density at radius 1 is 1.25 bits per heavy atom. The van der Waals surface area contributed by atoms with Gasteiger partial charge < -0.3 is 19.4 Å². The summed E-state index contributed by atoms with van der Waals surface area (Å²) in [6.45, 7) is 12.0. The smallest absolute Gasteiger partial charge is 0.407 e. The van der Waals surface area contributed by atoms with Gasteiger partial charge in [-0.3, -0.25) is 0 Å². The lowest BCUT2D eigenvalue weighted by Gasteiger charge is -2.20. The molecule has 0 aliphatic carbocycles. The lowest BCUT2D eigenvalue weighted by Crippen LogP contribution is -2.33. The van der Waals surface area contributed by atoms with Crippen LogP contribution in [0.25, 0.3) is 10.9 Å². The van der Waals surface area contributed by atoms with E-state index >= 15 is 0 Å². The molecule has 0 aliphatic heterocycles. The number of alkyl carbamates (subject to hydrolysis) is 1. The van der Waals surface area contributed by atoms with Crippen LogP contribution in [0.15, 0.2) is 12.1 Å². The van der Waals surface area contributed by atoms with Gasteiger partial charge in [0.25, 0.3) is 0 Å². The second kappa shape index (κ2) is 8.43. The Hall–Kier alpha value is -2.21. The highest BCUT2D eigenvalue weighted by atomic mass is 35.5. The van der Waals surface area contributed by atoms with Crippen LogP contribution >= 0.6 is 11.6 Å². The first kappa shape index (κ1) is 22.1. The molecule has 1 aromatic heterocycles. The van der Waals surface area contributed by atoms with Gasteiger partial charge in [0.15, 0.2) is 0 Å². The minimum Gasteiger partial charge on any atom is -0.465 e. The summed E-state index contributed by atoms with van der Waals surface area (Å²) in [5.41, 5.74) is 2.80. The quantitative estimate of drug-likeness (QED) is 0.704. The highest BCUT2D eigenvalue weighted by Gasteiger charge is 2.23. The van der Waals surface area contributed by atoms with E-state index < -0.39 is 17.7 Å². The van der Waals surface area contributed by atoms with Crippen molar-refractivity contribution in [2.75, 3.05) is 13.7 Å². The SMILES string of the molecule is COC(=O)c1cc(Cl)cc2c1c(C)c(CCNC(=O)OC(C)(C)C)n2C(C)C. The van der Waals surface area contributed by atoms with Crippen molar-refractivity contribution in [2.24, 2.45) is 0 Å². The molecule has 6 nitrogen and oxygen atoms in total. The summed E-state index contributed by atoms with van der Waals surface area (Å²) in [7, 11) is 1.36. The van der Waals surface area contributed by atoms with Crippen molar-refractivity contribution in [1.29, 1.82) is 0 Å². The number of hydrogen-bond donors (Lipinski definition) is 1. The number of aromatic nitrogens is 1. The van der Waals surface area contributed by atoms with Crippen molar-refractivity contribution in [1.82, 2.24) is 9.88 Å². The van der Waals surface area contributed by atoms with Gasteiger partial charge in [-0.1, -0.05) is 11.6 Å². The van der Waals surface area contributed by atoms with Gasteiger partial charge in [0.1, 0.15) is 5.60 Å². The van der Waals surface area contributed by atoms with E-state index in [4.69, 9.17) is 21.1 Å². The number of carbonyl (C=O) groups excluding carboxylic acids is 2. The molecule has 0 fully saturated rings. The minimum atomic E-state index is -0.543. The standard InChI is InChI=1S/C21H29ClN2O4/c1-12(2)24-16(8-9-23-20(26)28-21(4,5)6)13(3)18-15(19(25)27-7)10-14(22)11-17(18)24/h10-12H,8-9H2,1-7H3,(H,23,26). The summed E-state index contributed by atoms with van der Waals surface area (Å²) >= 11 is 6.28. The fourth-order valence-corrected chi connectivity index (χ4v) is 3.63. The average Bonchev–Trinajstić information content (AvgIpc) is 2.84. The number of methoxy groups -OCH3 is 1. The van der Waals surface area contributed by atoms with E-state index in [-0.39, 0.29) is 6.04 Å². The molecule has 0 radical (unpaired) electrons. The maximum absolute atomic E-state index is 12.3. The Labute approximate surface area is 171 Å². The summed E-state index contributed by atoms with van der Waals surface area (Å²) in [4.78, 5) is 24.2. The highest BCUT2D eigenvalue weighted by Crippen LogP contribution is 2.34. The predicted octanol–water partition coefficient (Wildman–Crippen LogP) is 5.04. The summed E-state index contributed by atoms with van der Waals surface area (Å²) in [5, 5.41) is 4.10. The van der Waals surface area contributed by atoms with Crippen molar-refractivity contribution >= 4 is 34.6 Å². The molecule has 0 aliphatic rings. The van der Waals surface area contributed by atoms with Crippen molar-refractivity contribution in [2.45, 2.75) is 59.6 Å². The van der Waals surface area contributed by atoms with Crippen LogP contribution in [0.3, 0.4) is 0 Å². The highest BCUT2D eigenvalue weighted by molar-refractivity contribution is 6.32. The number of nitrogens with zero attached hydrogens (tertiary/aromatic N) is 1. The van der Waals surface area contributed by atoms with Crippen LogP contribution in [0.4, 0.5) is 4.79 Å². The summed E-state index contributed by atoms with van der Waals surface area (Å²) < 4.78 is 12.4. The number of fused-ring (bicyclic) bond motifs is 1. The molecule has 1 aromatic carbocycles. The molecule has 2 aromatic rings. The molecule has 0 unspecified atom stereocenters.